The summed E-state index contributed by atoms with van der Waals surface area (Å²) in [6, 6.07) is 11.3. The number of amides is 2. The van der Waals surface area contributed by atoms with Gasteiger partial charge in [0.1, 0.15) is 0 Å². The summed E-state index contributed by atoms with van der Waals surface area (Å²) in [4.78, 5) is 23.5. The molecule has 0 aromatic heterocycles. The van der Waals surface area contributed by atoms with Crippen LogP contribution in [-0.4, -0.2) is 23.9 Å². The van der Waals surface area contributed by atoms with Crippen molar-refractivity contribution in [3.8, 4) is 0 Å². The molecule has 0 bridgehead atoms. The minimum absolute atomic E-state index is 0.227. The number of hydrogen-bond acceptors (Lipinski definition) is 2. The maximum absolute atomic E-state index is 12.1. The number of hydrogen-bond donors (Lipinski definition) is 2. The van der Waals surface area contributed by atoms with E-state index in [-0.39, 0.29) is 11.8 Å². The molecule has 2 heterocycles. The Balaban J connectivity index is 1.27. The molecule has 1 aliphatic carbocycles. The molecule has 3 atom stereocenters. The predicted octanol–water partition coefficient (Wildman–Crippen LogP) is 3.60. The van der Waals surface area contributed by atoms with E-state index in [0.717, 1.165) is 31.6 Å². The van der Waals surface area contributed by atoms with E-state index >= 15 is 0 Å². The fourth-order valence-corrected chi connectivity index (χ4v) is 5.59. The Bertz CT molecular complexity index is 652. The summed E-state index contributed by atoms with van der Waals surface area (Å²) in [5, 5.41) is 6.38. The van der Waals surface area contributed by atoms with E-state index in [4.69, 9.17) is 0 Å². The highest BCUT2D eigenvalue weighted by Gasteiger charge is 2.39. The number of carbonyl (C=O) groups is 2. The first-order valence-corrected chi connectivity index (χ1v) is 10.8. The van der Waals surface area contributed by atoms with E-state index in [1.807, 2.05) is 0 Å². The molecule has 1 unspecified atom stereocenters. The first-order chi connectivity index (χ1) is 13.2. The van der Waals surface area contributed by atoms with Gasteiger partial charge >= 0.3 is 0 Å². The Morgan fingerprint density at radius 2 is 1.67 bits per heavy atom. The Kier molecular flexibility index (Phi) is 5.80. The van der Waals surface area contributed by atoms with Crippen molar-refractivity contribution in [1.29, 1.82) is 0 Å². The summed E-state index contributed by atoms with van der Waals surface area (Å²) < 4.78 is 0. The third-order valence-electron chi connectivity index (χ3n) is 7.07. The second-order valence-electron chi connectivity index (χ2n) is 8.89. The molecule has 2 saturated heterocycles. The standard InChI is InChI=1S/C23H32N2O2/c26-22-13-11-19(24-22)14-17-6-9-18(10-7-17)20-15-23(27)25-21(20)12-8-16-4-2-1-3-5-16/h1-5,17-21H,6-15H2,(H,24,26)(H,25,27)/t17?,18?,19-,20?,21+/m0/s1. The third-order valence-corrected chi connectivity index (χ3v) is 7.07. The normalized spacial score (nSPS) is 33.7. The van der Waals surface area contributed by atoms with Crippen LogP contribution in [0.5, 0.6) is 0 Å². The summed E-state index contributed by atoms with van der Waals surface area (Å²) in [6.07, 6.45) is 10.7. The smallest absolute Gasteiger partial charge is 0.220 e. The van der Waals surface area contributed by atoms with Gasteiger partial charge in [0, 0.05) is 24.9 Å². The van der Waals surface area contributed by atoms with Gasteiger partial charge in [0.05, 0.1) is 0 Å². The molecule has 27 heavy (non-hydrogen) atoms. The molecule has 2 amide bonds. The molecule has 0 radical (unpaired) electrons. The zero-order valence-electron chi connectivity index (χ0n) is 16.2. The Labute approximate surface area is 162 Å². The Morgan fingerprint density at radius 3 is 2.37 bits per heavy atom. The molecule has 4 rings (SSSR count). The van der Waals surface area contributed by atoms with Crippen molar-refractivity contribution in [3.05, 3.63) is 35.9 Å². The molecule has 2 aliphatic heterocycles. The van der Waals surface area contributed by atoms with E-state index in [1.54, 1.807) is 0 Å². The molecule has 2 N–H and O–H groups in total. The van der Waals surface area contributed by atoms with E-state index < -0.39 is 0 Å². The molecule has 1 saturated carbocycles. The molecule has 1 aromatic carbocycles. The SMILES string of the molecule is O=C1CC[C@@H](CC2CCC(C3CC(=O)N[C@@H]3CCc3ccccc3)CC2)N1. The Hall–Kier alpha value is -1.84. The van der Waals surface area contributed by atoms with Crippen LogP contribution in [0.15, 0.2) is 30.3 Å². The summed E-state index contributed by atoms with van der Waals surface area (Å²) in [6.45, 7) is 0. The van der Waals surface area contributed by atoms with Crippen LogP contribution in [-0.2, 0) is 16.0 Å². The van der Waals surface area contributed by atoms with E-state index in [1.165, 1.54) is 31.2 Å². The zero-order chi connectivity index (χ0) is 18.6. The zero-order valence-corrected chi connectivity index (χ0v) is 16.2. The van der Waals surface area contributed by atoms with Crippen LogP contribution in [0.4, 0.5) is 0 Å². The number of nitrogens with one attached hydrogen (secondary N) is 2. The topological polar surface area (TPSA) is 58.2 Å². The van der Waals surface area contributed by atoms with Gasteiger partial charge in [-0.2, -0.15) is 0 Å². The average molecular weight is 369 g/mol. The lowest BCUT2D eigenvalue weighted by atomic mass is 9.71. The van der Waals surface area contributed by atoms with Gasteiger partial charge < -0.3 is 10.6 Å². The van der Waals surface area contributed by atoms with Crippen molar-refractivity contribution in [2.24, 2.45) is 17.8 Å². The molecule has 146 valence electrons. The van der Waals surface area contributed by atoms with Gasteiger partial charge in [0.25, 0.3) is 0 Å². The Morgan fingerprint density at radius 1 is 0.889 bits per heavy atom. The maximum atomic E-state index is 12.1. The van der Waals surface area contributed by atoms with Gasteiger partial charge in [-0.1, -0.05) is 43.2 Å². The molecular weight excluding hydrogens is 336 g/mol. The minimum atomic E-state index is 0.227. The highest BCUT2D eigenvalue weighted by molar-refractivity contribution is 5.79. The number of rotatable bonds is 6. The van der Waals surface area contributed by atoms with Crippen LogP contribution in [0.3, 0.4) is 0 Å². The second-order valence-corrected chi connectivity index (χ2v) is 8.89. The van der Waals surface area contributed by atoms with Crippen molar-refractivity contribution in [2.45, 2.75) is 76.3 Å². The van der Waals surface area contributed by atoms with Gasteiger partial charge in [-0.05, 0) is 61.8 Å². The highest BCUT2D eigenvalue weighted by Crippen LogP contribution is 2.40. The van der Waals surface area contributed by atoms with Crippen molar-refractivity contribution < 1.29 is 9.59 Å². The van der Waals surface area contributed by atoms with Crippen molar-refractivity contribution in [1.82, 2.24) is 10.6 Å². The summed E-state index contributed by atoms with van der Waals surface area (Å²) in [5.74, 6) is 2.41. The molecule has 4 nitrogen and oxygen atoms in total. The number of carbonyl (C=O) groups excluding carboxylic acids is 2. The van der Waals surface area contributed by atoms with Gasteiger partial charge in [0.15, 0.2) is 0 Å². The van der Waals surface area contributed by atoms with Crippen LogP contribution in [0.25, 0.3) is 0 Å². The van der Waals surface area contributed by atoms with E-state index in [0.29, 0.717) is 36.8 Å². The lowest BCUT2D eigenvalue weighted by Crippen LogP contribution is -2.35. The molecule has 3 fully saturated rings. The minimum Gasteiger partial charge on any atom is -0.353 e. The monoisotopic (exact) mass is 368 g/mol. The lowest BCUT2D eigenvalue weighted by Gasteiger charge is -2.35. The van der Waals surface area contributed by atoms with E-state index in [2.05, 4.69) is 41.0 Å². The third kappa shape index (κ3) is 4.72. The number of benzene rings is 1. The van der Waals surface area contributed by atoms with Crippen LogP contribution in [0, 0.1) is 17.8 Å². The van der Waals surface area contributed by atoms with Gasteiger partial charge in [0.2, 0.25) is 11.8 Å². The number of aryl methyl sites for hydroxylation is 1. The van der Waals surface area contributed by atoms with Crippen molar-refractivity contribution >= 4 is 11.8 Å². The van der Waals surface area contributed by atoms with Crippen LogP contribution >= 0.6 is 0 Å². The van der Waals surface area contributed by atoms with Gasteiger partial charge in [-0.15, -0.1) is 0 Å². The molecule has 0 spiro atoms. The summed E-state index contributed by atoms with van der Waals surface area (Å²) in [5.41, 5.74) is 1.36. The first kappa shape index (κ1) is 18.5. The first-order valence-electron chi connectivity index (χ1n) is 10.8. The van der Waals surface area contributed by atoms with Crippen LogP contribution < -0.4 is 10.6 Å². The molecule has 1 aromatic rings. The average Bonchev–Trinajstić information content (AvgIpc) is 3.26. The van der Waals surface area contributed by atoms with Crippen LogP contribution in [0.2, 0.25) is 0 Å². The molecule has 4 heteroatoms. The largest absolute Gasteiger partial charge is 0.353 e. The summed E-state index contributed by atoms with van der Waals surface area (Å²) >= 11 is 0. The molecular formula is C23H32N2O2. The van der Waals surface area contributed by atoms with E-state index in [9.17, 15) is 9.59 Å². The van der Waals surface area contributed by atoms with Crippen molar-refractivity contribution in [2.75, 3.05) is 0 Å². The van der Waals surface area contributed by atoms with Gasteiger partial charge in [-0.25, -0.2) is 0 Å². The predicted molar refractivity (Wildman–Crippen MR) is 106 cm³/mol. The fourth-order valence-electron chi connectivity index (χ4n) is 5.59. The highest BCUT2D eigenvalue weighted by atomic mass is 16.2. The molecule has 3 aliphatic rings. The van der Waals surface area contributed by atoms with Crippen LogP contribution in [0.1, 0.15) is 63.4 Å². The summed E-state index contributed by atoms with van der Waals surface area (Å²) in [7, 11) is 0. The lowest BCUT2D eigenvalue weighted by molar-refractivity contribution is -0.120. The fraction of sp³-hybridized carbons (Fsp3) is 0.652. The van der Waals surface area contributed by atoms with Crippen molar-refractivity contribution in [3.63, 3.8) is 0 Å². The quantitative estimate of drug-likeness (QED) is 0.806. The van der Waals surface area contributed by atoms with Gasteiger partial charge in [-0.3, -0.25) is 9.59 Å². The maximum Gasteiger partial charge on any atom is 0.220 e. The second kappa shape index (κ2) is 8.45.